The van der Waals surface area contributed by atoms with Crippen molar-refractivity contribution in [3.63, 3.8) is 0 Å². The Morgan fingerprint density at radius 2 is 1.54 bits per heavy atom. The van der Waals surface area contributed by atoms with E-state index in [0.717, 1.165) is 37.8 Å². The minimum Gasteiger partial charge on any atom is -0.488 e. The number of anilines is 1. The molecule has 330 valence electrons. The van der Waals surface area contributed by atoms with Gasteiger partial charge in [0.05, 0.1) is 24.5 Å². The Hall–Kier alpha value is -3.49. The molecule has 5 N–H and O–H groups in total. The van der Waals surface area contributed by atoms with Gasteiger partial charge >= 0.3 is 14.2 Å². The smallest absolute Gasteiger partial charge is 0.488 e. The molecule has 1 fully saturated rings. The van der Waals surface area contributed by atoms with Crippen LogP contribution >= 0.6 is 7.82 Å². The number of alkyl halides is 3. The summed E-state index contributed by atoms with van der Waals surface area (Å²) in [5.41, 5.74) is 4.68. The van der Waals surface area contributed by atoms with Crippen molar-refractivity contribution >= 4 is 19.2 Å². The van der Waals surface area contributed by atoms with Crippen LogP contribution in [0.1, 0.15) is 147 Å². The third-order valence-corrected chi connectivity index (χ3v) is 11.6. The van der Waals surface area contributed by atoms with E-state index in [1.807, 2.05) is 0 Å². The fourth-order valence-corrected chi connectivity index (χ4v) is 8.12. The molecule has 1 aromatic carbocycles. The number of hydrogen-bond donors (Lipinski definition) is 4. The fourth-order valence-electron chi connectivity index (χ4n) is 7.27. The van der Waals surface area contributed by atoms with E-state index in [1.165, 1.54) is 101 Å². The zero-order valence-electron chi connectivity index (χ0n) is 34.2. The average molecular weight is 856 g/mol. The van der Waals surface area contributed by atoms with Crippen LogP contribution in [-0.4, -0.2) is 73.2 Å². The molecule has 4 rings (SSSR count). The summed E-state index contributed by atoms with van der Waals surface area (Å²) in [5.74, 6) is -0.637. The molecule has 0 spiro atoms. The van der Waals surface area contributed by atoms with Crippen molar-refractivity contribution in [3.05, 3.63) is 47.9 Å². The van der Waals surface area contributed by atoms with Crippen LogP contribution in [0.5, 0.6) is 11.5 Å². The van der Waals surface area contributed by atoms with Gasteiger partial charge in [-0.2, -0.15) is 10.4 Å². The number of ether oxygens (including phenoxy) is 3. The molecule has 1 aliphatic heterocycles. The lowest BCUT2D eigenvalue weighted by molar-refractivity contribution is -0.274. The van der Waals surface area contributed by atoms with E-state index in [2.05, 4.69) is 21.7 Å². The number of phosphoric acid groups is 1. The van der Waals surface area contributed by atoms with Gasteiger partial charge < -0.3 is 35.1 Å². The van der Waals surface area contributed by atoms with Gasteiger partial charge in [0, 0.05) is 6.07 Å². The zero-order chi connectivity index (χ0) is 42.9. The van der Waals surface area contributed by atoms with E-state index < -0.39 is 63.2 Å². The van der Waals surface area contributed by atoms with E-state index in [-0.39, 0.29) is 17.1 Å². The largest absolute Gasteiger partial charge is 0.573 e. The van der Waals surface area contributed by atoms with Crippen LogP contribution in [0.4, 0.5) is 19.0 Å². The number of nitrogen functional groups attached to an aromatic ring is 1. The molecule has 6 atom stereocenters. The second-order valence-electron chi connectivity index (χ2n) is 15.5. The van der Waals surface area contributed by atoms with Gasteiger partial charge in [-0.1, -0.05) is 110 Å². The van der Waals surface area contributed by atoms with Crippen molar-refractivity contribution in [1.82, 2.24) is 14.6 Å². The second-order valence-corrected chi connectivity index (χ2v) is 17.0. The van der Waals surface area contributed by atoms with Crippen molar-refractivity contribution < 1.29 is 56.1 Å². The second kappa shape index (κ2) is 23.5. The number of nitriles is 1. The maximum Gasteiger partial charge on any atom is 0.573 e. The highest BCUT2D eigenvalue weighted by Gasteiger charge is 2.53. The Balaban J connectivity index is 1.26. The van der Waals surface area contributed by atoms with Crippen LogP contribution < -0.4 is 15.2 Å². The highest BCUT2D eigenvalue weighted by molar-refractivity contribution is 7.47. The first-order chi connectivity index (χ1) is 28.2. The number of phosphoric ester groups is 1. The molecule has 2 aromatic heterocycles. The monoisotopic (exact) mass is 855 g/mol. The van der Waals surface area contributed by atoms with E-state index in [1.54, 1.807) is 18.2 Å². The maximum atomic E-state index is 13.1. The van der Waals surface area contributed by atoms with Crippen LogP contribution in [0.2, 0.25) is 0 Å². The predicted molar refractivity (Wildman–Crippen MR) is 214 cm³/mol. The number of unbranched alkanes of at least 4 members (excludes halogenated alkanes) is 16. The molecule has 0 aliphatic carbocycles. The van der Waals surface area contributed by atoms with Crippen LogP contribution in [0.15, 0.2) is 36.7 Å². The molecule has 3 aromatic rings. The third-order valence-electron chi connectivity index (χ3n) is 10.6. The van der Waals surface area contributed by atoms with E-state index >= 15 is 0 Å². The number of rotatable bonds is 28. The summed E-state index contributed by atoms with van der Waals surface area (Å²) in [6, 6.07) is 8.22. The van der Waals surface area contributed by atoms with Gasteiger partial charge in [0.2, 0.25) is 0 Å². The van der Waals surface area contributed by atoms with E-state index in [0.29, 0.717) is 24.1 Å². The Morgan fingerprint density at radius 3 is 2.12 bits per heavy atom. The van der Waals surface area contributed by atoms with Gasteiger partial charge in [-0.05, 0) is 44.0 Å². The summed E-state index contributed by atoms with van der Waals surface area (Å²) in [5, 5.41) is 35.3. The summed E-state index contributed by atoms with van der Waals surface area (Å²) >= 11 is 0. The van der Waals surface area contributed by atoms with Gasteiger partial charge in [-0.25, -0.2) is 14.1 Å². The molecule has 1 saturated heterocycles. The number of halogens is 3. The zero-order valence-corrected chi connectivity index (χ0v) is 35.0. The molecule has 14 nitrogen and oxygen atoms in total. The molecule has 0 amide bonds. The first-order valence-corrected chi connectivity index (χ1v) is 22.4. The standard InChI is InChI=1S/C41H61F3N5O9P/c1-3-4-5-6-7-8-9-10-11-12-13-14-15-16-17-18-19-20-32(56-31-22-21-30(26-45)35(25-31)57-41(42,43)44)27-54-59(52,53)55-28-40(2)38(51)36(50)37(58-40)33-23-24-34-39(46)47-29-48-49(33)34/h21-25,29,32,36-38,50-51H,3-20,27-28H2,1-2H3,(H,52,53)(H2,46,47,48)/t32-,36+,37+,38+,40-/m1/s1. The molecule has 1 aliphatic rings. The Labute approximate surface area is 344 Å². The van der Waals surface area contributed by atoms with Crippen molar-refractivity contribution in [1.29, 1.82) is 5.26 Å². The highest BCUT2D eigenvalue weighted by atomic mass is 31.2. The number of nitrogens with zero attached hydrogens (tertiary/aromatic N) is 4. The normalized spacial score (nSPS) is 21.0. The number of nitrogens with two attached hydrogens (primary N) is 1. The summed E-state index contributed by atoms with van der Waals surface area (Å²) in [4.78, 5) is 14.6. The topological polar surface area (TPSA) is 204 Å². The van der Waals surface area contributed by atoms with Crippen LogP contribution in [-0.2, 0) is 18.3 Å². The van der Waals surface area contributed by atoms with Gasteiger partial charge in [-0.3, -0.25) is 9.05 Å². The van der Waals surface area contributed by atoms with Crippen molar-refractivity contribution in [2.45, 2.75) is 166 Å². The van der Waals surface area contributed by atoms with Crippen molar-refractivity contribution in [2.75, 3.05) is 18.9 Å². The average Bonchev–Trinajstić information content (AvgIpc) is 3.72. The Morgan fingerprint density at radius 1 is 0.949 bits per heavy atom. The lowest BCUT2D eigenvalue weighted by Crippen LogP contribution is -2.44. The maximum absolute atomic E-state index is 13.1. The molecular weight excluding hydrogens is 794 g/mol. The number of aliphatic hydroxyl groups excluding tert-OH is 2. The Bertz CT molecular complexity index is 1810. The molecular formula is C41H61F3N5O9P. The van der Waals surface area contributed by atoms with Crippen molar-refractivity contribution in [2.24, 2.45) is 0 Å². The van der Waals surface area contributed by atoms with E-state index in [4.69, 9.17) is 24.3 Å². The SMILES string of the molecule is CCCCCCCCCCCCCCCCCCC[C@H](COP(=O)(O)OC[C@@]1(C)O[C@@H](c2ccc3c(N)ncnn23)[C@H](O)[C@@H]1O)Oc1ccc(C#N)c(OC(F)(F)F)c1. The summed E-state index contributed by atoms with van der Waals surface area (Å²) in [7, 11) is -4.86. The first kappa shape index (κ1) is 48.2. The van der Waals surface area contributed by atoms with Gasteiger partial charge in [-0.15, -0.1) is 13.2 Å². The van der Waals surface area contributed by atoms with Gasteiger partial charge in [0.25, 0.3) is 0 Å². The number of fused-ring (bicyclic) bond motifs is 1. The predicted octanol–water partition coefficient (Wildman–Crippen LogP) is 9.26. The van der Waals surface area contributed by atoms with Gasteiger partial charge in [0.1, 0.15) is 53.7 Å². The minimum absolute atomic E-state index is 0.0718. The van der Waals surface area contributed by atoms with Crippen LogP contribution in [0.25, 0.3) is 5.52 Å². The molecule has 1 unspecified atom stereocenters. The third kappa shape index (κ3) is 15.5. The molecule has 3 heterocycles. The minimum atomic E-state index is -5.05. The van der Waals surface area contributed by atoms with Crippen LogP contribution in [0, 0.1) is 11.3 Å². The van der Waals surface area contributed by atoms with Crippen molar-refractivity contribution in [3.8, 4) is 17.6 Å². The van der Waals surface area contributed by atoms with Crippen LogP contribution in [0.3, 0.4) is 0 Å². The summed E-state index contributed by atoms with van der Waals surface area (Å²) in [6.07, 6.45) is 11.6. The van der Waals surface area contributed by atoms with Gasteiger partial charge in [0.15, 0.2) is 11.6 Å². The number of benzene rings is 1. The molecule has 18 heteroatoms. The first-order valence-electron chi connectivity index (χ1n) is 20.9. The number of aromatic nitrogens is 3. The summed E-state index contributed by atoms with van der Waals surface area (Å²) in [6.45, 7) is 2.47. The highest BCUT2D eigenvalue weighted by Crippen LogP contribution is 2.48. The molecule has 0 saturated carbocycles. The quantitative estimate of drug-likeness (QED) is 0.0398. The molecule has 0 bridgehead atoms. The number of aliphatic hydroxyl groups is 2. The molecule has 59 heavy (non-hydrogen) atoms. The fraction of sp³-hybridized carbons (Fsp3) is 0.683. The Kier molecular flexibility index (Phi) is 19.2. The lowest BCUT2D eigenvalue weighted by Gasteiger charge is -2.28. The van der Waals surface area contributed by atoms with E-state index in [9.17, 15) is 38.1 Å². The number of hydrogen-bond acceptors (Lipinski definition) is 12. The molecule has 0 radical (unpaired) electrons. The lowest BCUT2D eigenvalue weighted by atomic mass is 9.97. The summed E-state index contributed by atoms with van der Waals surface area (Å²) < 4.78 is 80.3.